The molecule has 1 amide bonds. The first-order valence-electron chi connectivity index (χ1n) is 6.03. The molecule has 1 atom stereocenters. The Morgan fingerprint density at radius 3 is 2.65 bits per heavy atom. The third-order valence-corrected chi connectivity index (χ3v) is 3.79. The Labute approximate surface area is 130 Å². The van der Waals surface area contributed by atoms with Crippen LogP contribution >= 0.6 is 28.6 Å². The number of hydrogen-bond donors (Lipinski definition) is 2. The molecule has 20 heavy (non-hydrogen) atoms. The van der Waals surface area contributed by atoms with Gasteiger partial charge in [0.2, 0.25) is 0 Å². The Balaban J connectivity index is 2.17. The average Bonchev–Trinajstić information content (AvgIpc) is 2.38. The van der Waals surface area contributed by atoms with Crippen molar-refractivity contribution in [3.63, 3.8) is 0 Å². The second-order valence-electron chi connectivity index (χ2n) is 4.38. The molecule has 0 aliphatic heterocycles. The second kappa shape index (κ2) is 6.41. The van der Waals surface area contributed by atoms with E-state index in [-0.39, 0.29) is 11.7 Å². The molecular weight excluding hydrogens is 341 g/mol. The molecule has 0 bridgehead atoms. The van der Waals surface area contributed by atoms with E-state index in [0.29, 0.717) is 16.0 Å². The van der Waals surface area contributed by atoms with Crippen LogP contribution in [0.3, 0.4) is 0 Å². The SMILES string of the molecule is CC(NC(=O)c1ccc(Br)cc1S)c1ccccc1F. The molecule has 0 heterocycles. The molecule has 0 spiro atoms. The van der Waals surface area contributed by atoms with E-state index in [1.807, 2.05) is 0 Å². The highest BCUT2D eigenvalue weighted by Gasteiger charge is 2.16. The number of thiol groups is 1. The molecular formula is C15H13BrFNOS. The summed E-state index contributed by atoms with van der Waals surface area (Å²) in [6.45, 7) is 1.74. The van der Waals surface area contributed by atoms with Gasteiger partial charge in [-0.2, -0.15) is 0 Å². The van der Waals surface area contributed by atoms with E-state index in [1.54, 1.807) is 43.3 Å². The zero-order valence-electron chi connectivity index (χ0n) is 10.7. The van der Waals surface area contributed by atoms with Crippen LogP contribution in [0.15, 0.2) is 51.8 Å². The Bertz CT molecular complexity index is 648. The highest BCUT2D eigenvalue weighted by molar-refractivity contribution is 9.10. The van der Waals surface area contributed by atoms with Gasteiger partial charge in [-0.05, 0) is 31.2 Å². The van der Waals surface area contributed by atoms with Crippen molar-refractivity contribution in [2.24, 2.45) is 0 Å². The van der Waals surface area contributed by atoms with E-state index in [1.165, 1.54) is 6.07 Å². The molecule has 104 valence electrons. The van der Waals surface area contributed by atoms with Crippen LogP contribution in [0, 0.1) is 5.82 Å². The molecule has 2 nitrogen and oxygen atoms in total. The monoisotopic (exact) mass is 353 g/mol. The number of rotatable bonds is 3. The molecule has 0 fully saturated rings. The molecule has 0 aliphatic carbocycles. The largest absolute Gasteiger partial charge is 0.345 e. The summed E-state index contributed by atoms with van der Waals surface area (Å²) in [5.41, 5.74) is 0.915. The molecule has 0 saturated heterocycles. The fourth-order valence-electron chi connectivity index (χ4n) is 1.88. The molecule has 1 unspecified atom stereocenters. The third kappa shape index (κ3) is 3.41. The summed E-state index contributed by atoms with van der Waals surface area (Å²) in [6, 6.07) is 11.2. The molecule has 0 radical (unpaired) electrons. The fraction of sp³-hybridized carbons (Fsp3) is 0.133. The van der Waals surface area contributed by atoms with Crippen molar-refractivity contribution in [2.45, 2.75) is 17.9 Å². The first kappa shape index (κ1) is 15.1. The third-order valence-electron chi connectivity index (χ3n) is 2.92. The highest BCUT2D eigenvalue weighted by atomic mass is 79.9. The van der Waals surface area contributed by atoms with E-state index < -0.39 is 6.04 Å². The van der Waals surface area contributed by atoms with Crippen molar-refractivity contribution in [2.75, 3.05) is 0 Å². The van der Waals surface area contributed by atoms with Crippen LogP contribution in [0.2, 0.25) is 0 Å². The lowest BCUT2D eigenvalue weighted by Crippen LogP contribution is -2.27. The Kier molecular flexibility index (Phi) is 4.83. The summed E-state index contributed by atoms with van der Waals surface area (Å²) in [5.74, 6) is -0.611. The number of halogens is 2. The van der Waals surface area contributed by atoms with Gasteiger partial charge in [-0.3, -0.25) is 4.79 Å². The minimum absolute atomic E-state index is 0.279. The minimum Gasteiger partial charge on any atom is -0.345 e. The van der Waals surface area contributed by atoms with Crippen molar-refractivity contribution < 1.29 is 9.18 Å². The first-order chi connectivity index (χ1) is 9.49. The standard InChI is InChI=1S/C15H13BrFNOS/c1-9(11-4-2-3-5-13(11)17)18-15(19)12-7-6-10(16)8-14(12)20/h2-9,20H,1H3,(H,18,19). The number of hydrogen-bond acceptors (Lipinski definition) is 2. The molecule has 2 aromatic carbocycles. The number of amides is 1. The van der Waals surface area contributed by atoms with Crippen LogP contribution in [0.25, 0.3) is 0 Å². The van der Waals surface area contributed by atoms with Crippen LogP contribution in [-0.2, 0) is 0 Å². The topological polar surface area (TPSA) is 29.1 Å². The van der Waals surface area contributed by atoms with Crippen LogP contribution in [0.4, 0.5) is 4.39 Å². The smallest absolute Gasteiger partial charge is 0.252 e. The van der Waals surface area contributed by atoms with E-state index in [9.17, 15) is 9.18 Å². The fourth-order valence-corrected chi connectivity index (χ4v) is 2.73. The predicted octanol–water partition coefficient (Wildman–Crippen LogP) is 4.37. The van der Waals surface area contributed by atoms with Gasteiger partial charge in [-0.25, -0.2) is 4.39 Å². The van der Waals surface area contributed by atoms with E-state index in [2.05, 4.69) is 33.9 Å². The summed E-state index contributed by atoms with van der Waals surface area (Å²) >= 11 is 7.58. The van der Waals surface area contributed by atoms with Crippen molar-refractivity contribution in [3.8, 4) is 0 Å². The minimum atomic E-state index is -0.417. The zero-order chi connectivity index (χ0) is 14.7. The first-order valence-corrected chi connectivity index (χ1v) is 7.27. The molecule has 1 N–H and O–H groups in total. The number of carbonyl (C=O) groups excluding carboxylic acids is 1. The second-order valence-corrected chi connectivity index (χ2v) is 5.78. The van der Waals surface area contributed by atoms with Gasteiger partial charge in [0.1, 0.15) is 5.82 Å². The van der Waals surface area contributed by atoms with Crippen molar-refractivity contribution in [1.82, 2.24) is 5.32 Å². The van der Waals surface area contributed by atoms with E-state index in [4.69, 9.17) is 0 Å². The van der Waals surface area contributed by atoms with Gasteiger partial charge >= 0.3 is 0 Å². The molecule has 5 heteroatoms. The van der Waals surface area contributed by atoms with E-state index in [0.717, 1.165) is 4.47 Å². The maximum atomic E-state index is 13.7. The van der Waals surface area contributed by atoms with Crippen LogP contribution in [0.1, 0.15) is 28.9 Å². The summed E-state index contributed by atoms with van der Waals surface area (Å²) < 4.78 is 14.5. The van der Waals surface area contributed by atoms with Gasteiger partial charge in [0.15, 0.2) is 0 Å². The maximum Gasteiger partial charge on any atom is 0.252 e. The molecule has 0 aromatic heterocycles. The lowest BCUT2D eigenvalue weighted by molar-refractivity contribution is 0.0936. The molecule has 0 aliphatic rings. The maximum absolute atomic E-state index is 13.7. The lowest BCUT2D eigenvalue weighted by atomic mass is 10.1. The van der Waals surface area contributed by atoms with Gasteiger partial charge in [0.25, 0.3) is 5.91 Å². The summed E-state index contributed by atoms with van der Waals surface area (Å²) in [4.78, 5) is 12.7. The predicted molar refractivity (Wildman–Crippen MR) is 83.7 cm³/mol. The number of benzene rings is 2. The molecule has 2 aromatic rings. The highest BCUT2D eigenvalue weighted by Crippen LogP contribution is 2.21. The van der Waals surface area contributed by atoms with Gasteiger partial charge in [0, 0.05) is 14.9 Å². The average molecular weight is 354 g/mol. The Morgan fingerprint density at radius 2 is 2.00 bits per heavy atom. The molecule has 2 rings (SSSR count). The Hall–Kier alpha value is -1.33. The number of nitrogens with one attached hydrogen (secondary N) is 1. The Morgan fingerprint density at radius 1 is 1.30 bits per heavy atom. The van der Waals surface area contributed by atoms with Crippen molar-refractivity contribution in [3.05, 3.63) is 63.9 Å². The van der Waals surface area contributed by atoms with Gasteiger partial charge in [-0.15, -0.1) is 12.6 Å². The van der Waals surface area contributed by atoms with Crippen molar-refractivity contribution in [1.29, 1.82) is 0 Å². The zero-order valence-corrected chi connectivity index (χ0v) is 13.2. The van der Waals surface area contributed by atoms with E-state index >= 15 is 0 Å². The molecule has 0 saturated carbocycles. The van der Waals surface area contributed by atoms with Gasteiger partial charge in [-0.1, -0.05) is 34.1 Å². The summed E-state index contributed by atoms with van der Waals surface area (Å²) in [5, 5.41) is 2.77. The van der Waals surface area contributed by atoms with Gasteiger partial charge in [0.05, 0.1) is 11.6 Å². The normalized spacial score (nSPS) is 12.0. The van der Waals surface area contributed by atoms with Crippen LogP contribution < -0.4 is 5.32 Å². The van der Waals surface area contributed by atoms with Crippen LogP contribution in [-0.4, -0.2) is 5.91 Å². The number of carbonyl (C=O) groups is 1. The summed E-state index contributed by atoms with van der Waals surface area (Å²) in [6.07, 6.45) is 0. The van der Waals surface area contributed by atoms with Gasteiger partial charge < -0.3 is 5.32 Å². The van der Waals surface area contributed by atoms with Crippen molar-refractivity contribution >= 4 is 34.5 Å². The quantitative estimate of drug-likeness (QED) is 0.788. The summed E-state index contributed by atoms with van der Waals surface area (Å²) in [7, 11) is 0. The van der Waals surface area contributed by atoms with Crippen LogP contribution in [0.5, 0.6) is 0 Å². The lowest BCUT2D eigenvalue weighted by Gasteiger charge is -2.15.